The first-order valence-corrected chi connectivity index (χ1v) is 9.03. The van der Waals surface area contributed by atoms with Crippen molar-refractivity contribution in [2.45, 2.75) is 45.4 Å². The lowest BCUT2D eigenvalue weighted by molar-refractivity contribution is 0.0372. The fourth-order valence-electron chi connectivity index (χ4n) is 3.32. The maximum atomic E-state index is 5.37. The molecule has 128 valence electrons. The van der Waals surface area contributed by atoms with E-state index in [9.17, 15) is 0 Å². The quantitative estimate of drug-likeness (QED) is 0.408. The van der Waals surface area contributed by atoms with E-state index in [0.717, 1.165) is 45.4 Å². The molecule has 0 bridgehead atoms. The van der Waals surface area contributed by atoms with Gasteiger partial charge < -0.3 is 15.4 Å². The fourth-order valence-corrected chi connectivity index (χ4v) is 3.32. The monoisotopic (exact) mass is 310 g/mol. The first kappa shape index (κ1) is 17.5. The van der Waals surface area contributed by atoms with Crippen LogP contribution in [0.5, 0.6) is 0 Å². The van der Waals surface area contributed by atoms with E-state index >= 15 is 0 Å². The lowest BCUT2D eigenvalue weighted by atomic mass is 9.67. The van der Waals surface area contributed by atoms with Crippen LogP contribution in [-0.4, -0.2) is 63.8 Å². The van der Waals surface area contributed by atoms with Crippen LogP contribution in [-0.2, 0) is 4.74 Å². The molecule has 5 nitrogen and oxygen atoms in total. The van der Waals surface area contributed by atoms with Crippen LogP contribution in [0.1, 0.15) is 45.4 Å². The third kappa shape index (κ3) is 5.43. The number of hydrogen-bond acceptors (Lipinski definition) is 3. The van der Waals surface area contributed by atoms with Gasteiger partial charge in [0.1, 0.15) is 0 Å². The second-order valence-corrected chi connectivity index (χ2v) is 6.72. The number of hydrogen-bond donors (Lipinski definition) is 2. The Hall–Kier alpha value is -0.810. The van der Waals surface area contributed by atoms with Gasteiger partial charge in [0.05, 0.1) is 13.2 Å². The summed E-state index contributed by atoms with van der Waals surface area (Å²) in [5, 5.41) is 6.96. The number of aliphatic imine (C=N–C) groups is 1. The molecule has 0 spiro atoms. The van der Waals surface area contributed by atoms with Gasteiger partial charge >= 0.3 is 0 Å². The predicted octanol–water partition coefficient (Wildman–Crippen LogP) is 1.84. The maximum Gasteiger partial charge on any atom is 0.190 e. The van der Waals surface area contributed by atoms with Gasteiger partial charge in [0.2, 0.25) is 0 Å². The molecule has 1 heterocycles. The third-order valence-electron chi connectivity index (χ3n) is 5.32. The van der Waals surface area contributed by atoms with Gasteiger partial charge in [0, 0.05) is 33.2 Å². The number of unbranched alkanes of at least 4 members (excludes halogenated alkanes) is 1. The van der Waals surface area contributed by atoms with E-state index in [1.807, 2.05) is 7.05 Å². The highest BCUT2D eigenvalue weighted by Gasteiger charge is 2.34. The maximum absolute atomic E-state index is 5.37. The van der Waals surface area contributed by atoms with Crippen molar-refractivity contribution in [3.8, 4) is 0 Å². The topological polar surface area (TPSA) is 48.9 Å². The van der Waals surface area contributed by atoms with E-state index in [1.54, 1.807) is 0 Å². The Kier molecular flexibility index (Phi) is 7.46. The van der Waals surface area contributed by atoms with Crippen LogP contribution in [0.15, 0.2) is 4.99 Å². The number of morpholine rings is 1. The molecule has 2 aliphatic rings. The summed E-state index contributed by atoms with van der Waals surface area (Å²) >= 11 is 0. The Morgan fingerprint density at radius 3 is 2.55 bits per heavy atom. The summed E-state index contributed by atoms with van der Waals surface area (Å²) in [5.41, 5.74) is 0.536. The Balaban J connectivity index is 1.52. The van der Waals surface area contributed by atoms with Gasteiger partial charge in [-0.3, -0.25) is 9.89 Å². The third-order valence-corrected chi connectivity index (χ3v) is 5.32. The van der Waals surface area contributed by atoms with Crippen LogP contribution >= 0.6 is 0 Å². The minimum atomic E-state index is 0.536. The molecule has 0 aromatic carbocycles. The second-order valence-electron chi connectivity index (χ2n) is 6.72. The van der Waals surface area contributed by atoms with Crippen LogP contribution in [0.25, 0.3) is 0 Å². The molecular formula is C17H34N4O. The fraction of sp³-hybridized carbons (Fsp3) is 0.941. The number of rotatable bonds is 8. The van der Waals surface area contributed by atoms with Crippen LogP contribution in [0, 0.1) is 5.41 Å². The molecule has 1 aliphatic carbocycles. The molecule has 1 aliphatic heterocycles. The molecule has 0 aromatic heterocycles. The normalized spacial score (nSPS) is 22.2. The first-order valence-electron chi connectivity index (χ1n) is 9.03. The van der Waals surface area contributed by atoms with Gasteiger partial charge in [-0.1, -0.05) is 13.3 Å². The van der Waals surface area contributed by atoms with Gasteiger partial charge in [-0.05, 0) is 44.1 Å². The molecule has 0 radical (unpaired) electrons. The average molecular weight is 310 g/mol. The summed E-state index contributed by atoms with van der Waals surface area (Å²) in [6.45, 7) is 9.55. The van der Waals surface area contributed by atoms with E-state index in [-0.39, 0.29) is 0 Å². The number of nitrogens with zero attached hydrogens (tertiary/aromatic N) is 2. The van der Waals surface area contributed by atoms with Crippen LogP contribution in [0.3, 0.4) is 0 Å². The lowest BCUT2D eigenvalue weighted by Crippen LogP contribution is -2.46. The van der Waals surface area contributed by atoms with Gasteiger partial charge in [-0.25, -0.2) is 0 Å². The van der Waals surface area contributed by atoms with Crippen molar-refractivity contribution in [3.05, 3.63) is 0 Å². The summed E-state index contributed by atoms with van der Waals surface area (Å²) in [5.74, 6) is 0.964. The number of ether oxygens (including phenoxy) is 1. The van der Waals surface area contributed by atoms with Crippen molar-refractivity contribution in [1.82, 2.24) is 15.5 Å². The van der Waals surface area contributed by atoms with Crippen LogP contribution in [0.2, 0.25) is 0 Å². The zero-order valence-corrected chi connectivity index (χ0v) is 14.5. The largest absolute Gasteiger partial charge is 0.379 e. The summed E-state index contributed by atoms with van der Waals surface area (Å²) < 4.78 is 5.37. The van der Waals surface area contributed by atoms with Gasteiger partial charge in [-0.15, -0.1) is 0 Å². The minimum Gasteiger partial charge on any atom is -0.379 e. The van der Waals surface area contributed by atoms with E-state index < -0.39 is 0 Å². The molecule has 5 heteroatoms. The molecule has 1 saturated carbocycles. The smallest absolute Gasteiger partial charge is 0.190 e. The van der Waals surface area contributed by atoms with Gasteiger partial charge in [0.25, 0.3) is 0 Å². The van der Waals surface area contributed by atoms with E-state index in [0.29, 0.717) is 5.41 Å². The average Bonchev–Trinajstić information content (AvgIpc) is 2.53. The molecule has 0 aromatic rings. The Bertz CT molecular complexity index is 330. The zero-order valence-electron chi connectivity index (χ0n) is 14.5. The minimum absolute atomic E-state index is 0.536. The molecular weight excluding hydrogens is 276 g/mol. The summed E-state index contributed by atoms with van der Waals surface area (Å²) in [7, 11) is 1.86. The molecule has 2 fully saturated rings. The van der Waals surface area contributed by atoms with Crippen LogP contribution in [0.4, 0.5) is 0 Å². The zero-order chi connectivity index (χ0) is 15.7. The standard InChI is InChI=1S/C17H34N4O/c1-3-17(7-6-8-17)15-20-16(18-2)19-9-4-5-10-21-11-13-22-14-12-21/h3-15H2,1-2H3,(H2,18,19,20). The van der Waals surface area contributed by atoms with E-state index in [2.05, 4.69) is 27.4 Å². The summed E-state index contributed by atoms with van der Waals surface area (Å²) in [6, 6.07) is 0. The highest BCUT2D eigenvalue weighted by Crippen LogP contribution is 2.42. The highest BCUT2D eigenvalue weighted by molar-refractivity contribution is 5.79. The van der Waals surface area contributed by atoms with Crippen molar-refractivity contribution in [1.29, 1.82) is 0 Å². The van der Waals surface area contributed by atoms with E-state index in [4.69, 9.17) is 4.74 Å². The Morgan fingerprint density at radius 2 is 1.95 bits per heavy atom. The molecule has 0 atom stereocenters. The van der Waals surface area contributed by atoms with Crippen molar-refractivity contribution in [3.63, 3.8) is 0 Å². The highest BCUT2D eigenvalue weighted by atomic mass is 16.5. The SMILES string of the molecule is CCC1(CNC(=NC)NCCCCN2CCOCC2)CCC1. The number of guanidine groups is 1. The van der Waals surface area contributed by atoms with Crippen molar-refractivity contribution in [2.24, 2.45) is 10.4 Å². The van der Waals surface area contributed by atoms with Gasteiger partial charge in [-0.2, -0.15) is 0 Å². The van der Waals surface area contributed by atoms with Crippen molar-refractivity contribution in [2.75, 3.05) is 53.0 Å². The summed E-state index contributed by atoms with van der Waals surface area (Å²) in [6.07, 6.45) is 7.83. The summed E-state index contributed by atoms with van der Waals surface area (Å²) in [4.78, 5) is 6.84. The molecule has 22 heavy (non-hydrogen) atoms. The molecule has 0 amide bonds. The Morgan fingerprint density at radius 1 is 1.18 bits per heavy atom. The number of nitrogens with one attached hydrogen (secondary N) is 2. The van der Waals surface area contributed by atoms with Crippen LogP contribution < -0.4 is 10.6 Å². The lowest BCUT2D eigenvalue weighted by Gasteiger charge is -2.41. The van der Waals surface area contributed by atoms with E-state index in [1.165, 1.54) is 45.1 Å². The molecule has 2 N–H and O–H groups in total. The first-order chi connectivity index (χ1) is 10.8. The molecule has 1 saturated heterocycles. The van der Waals surface area contributed by atoms with Crippen molar-refractivity contribution < 1.29 is 4.74 Å². The second kappa shape index (κ2) is 9.36. The Labute approximate surface area is 135 Å². The van der Waals surface area contributed by atoms with Gasteiger partial charge in [0.15, 0.2) is 5.96 Å². The molecule has 0 unspecified atom stereocenters. The molecule has 2 rings (SSSR count). The predicted molar refractivity (Wildman–Crippen MR) is 92.4 cm³/mol. The van der Waals surface area contributed by atoms with Crippen molar-refractivity contribution >= 4 is 5.96 Å².